The van der Waals surface area contributed by atoms with Gasteiger partial charge in [-0.05, 0) is 36.3 Å². The predicted octanol–water partition coefficient (Wildman–Crippen LogP) is 3.78. The Morgan fingerprint density at radius 1 is 1.29 bits per heavy atom. The van der Waals surface area contributed by atoms with Gasteiger partial charge in [0.2, 0.25) is 0 Å². The van der Waals surface area contributed by atoms with Crippen molar-refractivity contribution in [2.75, 3.05) is 0 Å². The second-order valence-corrected chi connectivity index (χ2v) is 5.00. The Bertz CT molecular complexity index is 820. The predicted molar refractivity (Wildman–Crippen MR) is 87.8 cm³/mol. The van der Waals surface area contributed by atoms with Gasteiger partial charge < -0.3 is 4.74 Å². The highest BCUT2D eigenvalue weighted by Gasteiger charge is 2.13. The fourth-order valence-electron chi connectivity index (χ4n) is 2.01. The third-order valence-electron chi connectivity index (χ3n) is 3.30. The SMILES string of the molecule is C[C@@H](OC(=O)/C=C/c1ccc(C#N)cc1)c1cccc([N+](=O)[O-])c1. The number of nitriles is 1. The van der Waals surface area contributed by atoms with Gasteiger partial charge in [0, 0.05) is 18.2 Å². The van der Waals surface area contributed by atoms with E-state index in [9.17, 15) is 14.9 Å². The Kier molecular flexibility index (Phi) is 5.42. The maximum Gasteiger partial charge on any atom is 0.331 e. The van der Waals surface area contributed by atoms with Crippen LogP contribution in [-0.4, -0.2) is 10.9 Å². The number of hydrogen-bond acceptors (Lipinski definition) is 5. The summed E-state index contributed by atoms with van der Waals surface area (Å²) in [6, 6.07) is 14.7. The van der Waals surface area contributed by atoms with Crippen molar-refractivity contribution in [3.63, 3.8) is 0 Å². The van der Waals surface area contributed by atoms with Gasteiger partial charge in [0.15, 0.2) is 0 Å². The first kappa shape index (κ1) is 16.9. The molecular weight excluding hydrogens is 308 g/mol. The van der Waals surface area contributed by atoms with E-state index in [4.69, 9.17) is 10.00 Å². The normalized spacial score (nSPS) is 11.7. The van der Waals surface area contributed by atoms with Crippen molar-refractivity contribution in [1.82, 2.24) is 0 Å². The van der Waals surface area contributed by atoms with E-state index in [1.165, 1.54) is 18.2 Å². The summed E-state index contributed by atoms with van der Waals surface area (Å²) in [6.45, 7) is 1.65. The number of rotatable bonds is 5. The molecule has 0 fully saturated rings. The first-order chi connectivity index (χ1) is 11.5. The summed E-state index contributed by atoms with van der Waals surface area (Å²) < 4.78 is 5.24. The summed E-state index contributed by atoms with van der Waals surface area (Å²) in [5, 5.41) is 19.5. The number of benzene rings is 2. The van der Waals surface area contributed by atoms with Gasteiger partial charge in [-0.2, -0.15) is 5.26 Å². The second-order valence-electron chi connectivity index (χ2n) is 5.00. The van der Waals surface area contributed by atoms with E-state index in [0.29, 0.717) is 11.1 Å². The van der Waals surface area contributed by atoms with Crippen LogP contribution >= 0.6 is 0 Å². The Hall–Kier alpha value is -3.46. The van der Waals surface area contributed by atoms with Gasteiger partial charge in [-0.1, -0.05) is 24.3 Å². The molecule has 0 aliphatic carbocycles. The molecule has 0 saturated heterocycles. The lowest BCUT2D eigenvalue weighted by Crippen LogP contribution is -2.06. The van der Waals surface area contributed by atoms with Crippen LogP contribution in [0.1, 0.15) is 29.7 Å². The van der Waals surface area contributed by atoms with E-state index in [2.05, 4.69) is 0 Å². The molecule has 0 unspecified atom stereocenters. The molecule has 0 aliphatic rings. The Morgan fingerprint density at radius 2 is 2.00 bits per heavy atom. The molecule has 6 nitrogen and oxygen atoms in total. The van der Waals surface area contributed by atoms with Crippen LogP contribution in [-0.2, 0) is 9.53 Å². The monoisotopic (exact) mass is 322 g/mol. The highest BCUT2D eigenvalue weighted by Crippen LogP contribution is 2.22. The van der Waals surface area contributed by atoms with Crippen LogP contribution in [0.2, 0.25) is 0 Å². The summed E-state index contributed by atoms with van der Waals surface area (Å²) in [6.07, 6.45) is 2.24. The molecule has 1 atom stereocenters. The number of nitrogens with zero attached hydrogens (tertiary/aromatic N) is 2. The third-order valence-corrected chi connectivity index (χ3v) is 3.30. The molecule has 2 aromatic rings. The lowest BCUT2D eigenvalue weighted by molar-refractivity contribution is -0.385. The number of non-ortho nitro benzene ring substituents is 1. The first-order valence-electron chi connectivity index (χ1n) is 7.13. The molecule has 0 saturated carbocycles. The molecular formula is C18H14N2O4. The van der Waals surface area contributed by atoms with Crippen molar-refractivity contribution >= 4 is 17.7 Å². The van der Waals surface area contributed by atoms with Crippen LogP contribution in [0.25, 0.3) is 6.08 Å². The fraction of sp³-hybridized carbons (Fsp3) is 0.111. The van der Waals surface area contributed by atoms with Crippen molar-refractivity contribution in [3.8, 4) is 6.07 Å². The Morgan fingerprint density at radius 3 is 2.62 bits per heavy atom. The number of nitro benzene ring substituents is 1. The van der Waals surface area contributed by atoms with Crippen LogP contribution in [0.5, 0.6) is 0 Å². The molecule has 0 bridgehead atoms. The molecule has 0 amide bonds. The van der Waals surface area contributed by atoms with Crippen LogP contribution in [0.3, 0.4) is 0 Å². The maximum atomic E-state index is 11.8. The highest BCUT2D eigenvalue weighted by molar-refractivity contribution is 5.87. The Balaban J connectivity index is 2.00. The zero-order valence-electron chi connectivity index (χ0n) is 12.9. The highest BCUT2D eigenvalue weighted by atomic mass is 16.6. The summed E-state index contributed by atoms with van der Waals surface area (Å²) in [5.74, 6) is -0.557. The third kappa shape index (κ3) is 4.52. The van der Waals surface area contributed by atoms with Crippen LogP contribution in [0.15, 0.2) is 54.6 Å². The van der Waals surface area contributed by atoms with E-state index in [1.54, 1.807) is 49.4 Å². The van der Waals surface area contributed by atoms with Crippen LogP contribution in [0.4, 0.5) is 5.69 Å². The number of esters is 1. The van der Waals surface area contributed by atoms with Crippen LogP contribution in [0, 0.1) is 21.4 Å². The largest absolute Gasteiger partial charge is 0.455 e. The van der Waals surface area contributed by atoms with E-state index in [0.717, 1.165) is 5.56 Å². The molecule has 24 heavy (non-hydrogen) atoms. The molecule has 0 aromatic heterocycles. The smallest absolute Gasteiger partial charge is 0.331 e. The molecule has 0 spiro atoms. The minimum absolute atomic E-state index is 0.0523. The fourth-order valence-corrected chi connectivity index (χ4v) is 2.01. The zero-order valence-corrected chi connectivity index (χ0v) is 12.9. The molecule has 0 aliphatic heterocycles. The number of nitro groups is 1. The summed E-state index contributed by atoms with van der Waals surface area (Å²) >= 11 is 0. The molecule has 120 valence electrons. The van der Waals surface area contributed by atoms with Crippen molar-refractivity contribution in [2.24, 2.45) is 0 Å². The molecule has 0 heterocycles. The zero-order chi connectivity index (χ0) is 17.5. The topological polar surface area (TPSA) is 93.2 Å². The van der Waals surface area contributed by atoms with E-state index >= 15 is 0 Å². The number of hydrogen-bond donors (Lipinski definition) is 0. The minimum atomic E-state index is -0.608. The van der Waals surface area contributed by atoms with Gasteiger partial charge in [0.1, 0.15) is 6.10 Å². The van der Waals surface area contributed by atoms with E-state index < -0.39 is 17.0 Å². The van der Waals surface area contributed by atoms with Crippen molar-refractivity contribution in [1.29, 1.82) is 5.26 Å². The number of ether oxygens (including phenoxy) is 1. The average Bonchev–Trinajstić information content (AvgIpc) is 2.60. The molecule has 0 radical (unpaired) electrons. The van der Waals surface area contributed by atoms with Gasteiger partial charge in [0.05, 0.1) is 16.6 Å². The maximum absolute atomic E-state index is 11.8. The average molecular weight is 322 g/mol. The van der Waals surface area contributed by atoms with Gasteiger partial charge in [-0.25, -0.2) is 4.79 Å². The molecule has 2 rings (SSSR count). The van der Waals surface area contributed by atoms with E-state index in [-0.39, 0.29) is 5.69 Å². The minimum Gasteiger partial charge on any atom is -0.455 e. The lowest BCUT2D eigenvalue weighted by Gasteiger charge is -2.11. The number of carbonyl (C=O) groups excluding carboxylic acids is 1. The lowest BCUT2D eigenvalue weighted by atomic mass is 10.1. The van der Waals surface area contributed by atoms with Gasteiger partial charge >= 0.3 is 5.97 Å². The summed E-state index contributed by atoms with van der Waals surface area (Å²) in [4.78, 5) is 22.1. The summed E-state index contributed by atoms with van der Waals surface area (Å²) in [5.41, 5.74) is 1.79. The summed E-state index contributed by atoms with van der Waals surface area (Å²) in [7, 11) is 0. The van der Waals surface area contributed by atoms with Gasteiger partial charge in [0.25, 0.3) is 5.69 Å². The Labute approximate surface area is 138 Å². The quantitative estimate of drug-likeness (QED) is 0.361. The molecule has 2 aromatic carbocycles. The second kappa shape index (κ2) is 7.70. The van der Waals surface area contributed by atoms with Crippen molar-refractivity contribution in [3.05, 3.63) is 81.4 Å². The standard InChI is InChI=1S/C18H14N2O4/c1-13(16-3-2-4-17(11-16)20(22)23)24-18(21)10-9-14-5-7-15(12-19)8-6-14/h2-11,13H,1H3/b10-9+/t13-/m1/s1. The molecule has 6 heteroatoms. The van der Waals surface area contributed by atoms with Gasteiger partial charge in [-0.15, -0.1) is 0 Å². The van der Waals surface area contributed by atoms with Gasteiger partial charge in [-0.3, -0.25) is 10.1 Å². The first-order valence-corrected chi connectivity index (χ1v) is 7.13. The molecule has 0 N–H and O–H groups in total. The van der Waals surface area contributed by atoms with Crippen molar-refractivity contribution < 1.29 is 14.5 Å². The van der Waals surface area contributed by atoms with E-state index in [1.807, 2.05) is 6.07 Å². The van der Waals surface area contributed by atoms with Crippen molar-refractivity contribution in [2.45, 2.75) is 13.0 Å². The number of carbonyl (C=O) groups is 1. The van der Waals surface area contributed by atoms with Crippen LogP contribution < -0.4 is 0 Å².